The van der Waals surface area contributed by atoms with Crippen LogP contribution in [0.2, 0.25) is 0 Å². The van der Waals surface area contributed by atoms with Gasteiger partial charge in [-0.05, 0) is 116 Å². The van der Waals surface area contributed by atoms with Gasteiger partial charge in [-0.25, -0.2) is 4.57 Å². The molecule has 0 aliphatic carbocycles. The van der Waals surface area contributed by atoms with E-state index in [0.717, 1.165) is 103 Å². The number of ether oxygens (including phenoxy) is 2. The molecule has 96 heavy (non-hydrogen) atoms. The Labute approximate surface area is 593 Å². The minimum absolute atomic E-state index is 0.0196. The van der Waals surface area contributed by atoms with Gasteiger partial charge in [0.05, 0.1) is 27.7 Å². The number of phosphoric acid groups is 1. The SMILES string of the molecule is CC/C=C\C/C=C\C/C=C\C/C=C\C/C=C\C/C=C\C/C=C\C/C=C\C/C=C\CCCCCC(=O)OC(COC(=O)CCCCCCCCCCCCCCCCCCCCCCCCCCCCCCC/C=C\C/C=C\CCCCCCC)COP(=O)(O)OCC[N+](C)(C)C. The summed E-state index contributed by atoms with van der Waals surface area (Å²) in [6.07, 6.45) is 110. The molecule has 9 nitrogen and oxygen atoms in total. The van der Waals surface area contributed by atoms with Crippen LogP contribution in [-0.4, -0.2) is 74.9 Å². The Morgan fingerprint density at radius 1 is 0.333 bits per heavy atom. The minimum Gasteiger partial charge on any atom is -0.462 e. The van der Waals surface area contributed by atoms with E-state index in [1.54, 1.807) is 0 Å². The molecule has 0 aromatic carbocycles. The number of unbranched alkanes of at least 4 members (excludes halogenated alkanes) is 37. The number of quaternary nitrogens is 1. The van der Waals surface area contributed by atoms with Crippen molar-refractivity contribution < 1.29 is 42.1 Å². The smallest absolute Gasteiger partial charge is 0.462 e. The third kappa shape index (κ3) is 79.1. The molecular weight excluding hydrogens is 1210 g/mol. The van der Waals surface area contributed by atoms with Gasteiger partial charge in [0.15, 0.2) is 6.10 Å². The Hall–Kier alpha value is -3.85. The lowest BCUT2D eigenvalue weighted by Crippen LogP contribution is -2.37. The van der Waals surface area contributed by atoms with Gasteiger partial charge in [-0.2, -0.15) is 0 Å². The van der Waals surface area contributed by atoms with Crippen molar-refractivity contribution in [2.24, 2.45) is 0 Å². The maximum absolute atomic E-state index is 12.9. The number of carbonyl (C=O) groups is 2. The van der Waals surface area contributed by atoms with E-state index >= 15 is 0 Å². The third-order valence-electron chi connectivity index (χ3n) is 17.2. The van der Waals surface area contributed by atoms with E-state index < -0.39 is 26.5 Å². The molecule has 0 saturated carbocycles. The largest absolute Gasteiger partial charge is 0.472 e. The van der Waals surface area contributed by atoms with Gasteiger partial charge in [-0.1, -0.05) is 353 Å². The molecule has 1 N–H and O–H groups in total. The molecule has 0 amide bonds. The average Bonchev–Trinajstić information content (AvgIpc) is 1.97. The molecule has 0 saturated heterocycles. The minimum atomic E-state index is -4.41. The van der Waals surface area contributed by atoms with Gasteiger partial charge in [0.2, 0.25) is 0 Å². The fraction of sp³-hybridized carbons (Fsp3) is 0.721. The molecule has 0 aromatic heterocycles. The Bertz CT molecular complexity index is 2090. The number of esters is 2. The Kier molecular flexibility index (Phi) is 72.3. The van der Waals surface area contributed by atoms with Crippen molar-refractivity contribution in [3.63, 3.8) is 0 Å². The zero-order chi connectivity index (χ0) is 69.7. The molecule has 0 aliphatic heterocycles. The first-order valence-electron chi connectivity index (χ1n) is 39.9. The second-order valence-corrected chi connectivity index (χ2v) is 29.2. The maximum Gasteiger partial charge on any atom is 0.472 e. The Balaban J connectivity index is 4.00. The molecule has 0 aromatic rings. The van der Waals surface area contributed by atoms with Crippen LogP contribution in [0.1, 0.15) is 348 Å². The molecule has 552 valence electrons. The molecule has 0 fully saturated rings. The second-order valence-electron chi connectivity index (χ2n) is 27.7. The molecule has 0 aliphatic rings. The van der Waals surface area contributed by atoms with Crippen LogP contribution in [0.4, 0.5) is 0 Å². The zero-order valence-corrected chi connectivity index (χ0v) is 64.0. The van der Waals surface area contributed by atoms with Crippen LogP contribution in [0, 0.1) is 0 Å². The molecule has 0 bridgehead atoms. The van der Waals surface area contributed by atoms with E-state index in [9.17, 15) is 19.0 Å². The van der Waals surface area contributed by atoms with Crippen LogP contribution >= 0.6 is 7.82 Å². The lowest BCUT2D eigenvalue weighted by Gasteiger charge is -2.24. The zero-order valence-electron chi connectivity index (χ0n) is 63.1. The average molecular weight is 1360 g/mol. The summed E-state index contributed by atoms with van der Waals surface area (Å²) in [5, 5.41) is 0. The topological polar surface area (TPSA) is 108 Å². The standard InChI is InChI=1S/C86H150NO8P/c1-6-8-10-12-14-16-18-20-22-24-26-28-30-32-34-36-38-39-40-41-42-43-44-45-46-47-49-50-52-54-56-58-60-62-64-66-68-70-72-74-76-78-85(88)92-82-84(83-94-96(90,91)93-81-80-87(3,4)5)95-86(89)79-77-75-73-71-69-67-65-63-61-59-57-55-53-51-48-37-35-33-31-29-27-25-23-21-19-17-15-13-11-9-7-2/h9,11,15,17-18,20-21,23-24,26-27,29,33,35,48,51,55,57,61,63,67,69,84H,6-8,10,12-14,16,19,22,25,28,30-32,34,36-47,49-50,52-54,56,58-60,62,64-66,68,70-83H2,1-5H3/p+1/b11-9-,17-15-,20-18-,23-21-,26-24-,29-27-,35-33-,51-48-,57-55-,63-61-,69-67-. The van der Waals surface area contributed by atoms with Crippen molar-refractivity contribution >= 4 is 19.8 Å². The molecule has 0 spiro atoms. The summed E-state index contributed by atoms with van der Waals surface area (Å²) in [6, 6.07) is 0. The van der Waals surface area contributed by atoms with E-state index in [1.807, 2.05) is 21.1 Å². The summed E-state index contributed by atoms with van der Waals surface area (Å²) in [7, 11) is 1.45. The number of phosphoric ester groups is 1. The quantitative estimate of drug-likeness (QED) is 0.0211. The number of likely N-dealkylation sites (N-methyl/N-ethyl adjacent to an activating group) is 1. The summed E-state index contributed by atoms with van der Waals surface area (Å²) in [5.41, 5.74) is 0. The van der Waals surface area contributed by atoms with Crippen LogP contribution in [0.15, 0.2) is 134 Å². The van der Waals surface area contributed by atoms with Crippen molar-refractivity contribution in [3.05, 3.63) is 134 Å². The monoisotopic (exact) mass is 1360 g/mol. The van der Waals surface area contributed by atoms with Crippen molar-refractivity contribution in [2.75, 3.05) is 47.5 Å². The lowest BCUT2D eigenvalue weighted by atomic mass is 10.0. The van der Waals surface area contributed by atoms with E-state index in [0.29, 0.717) is 17.4 Å². The maximum atomic E-state index is 12.9. The van der Waals surface area contributed by atoms with E-state index in [4.69, 9.17) is 18.5 Å². The molecule has 2 atom stereocenters. The fourth-order valence-corrected chi connectivity index (χ4v) is 11.8. The fourth-order valence-electron chi connectivity index (χ4n) is 11.1. The van der Waals surface area contributed by atoms with Gasteiger partial charge < -0.3 is 18.9 Å². The summed E-state index contributed by atoms with van der Waals surface area (Å²) in [4.78, 5) is 35.9. The molecule has 2 unspecified atom stereocenters. The van der Waals surface area contributed by atoms with Crippen molar-refractivity contribution in [1.29, 1.82) is 0 Å². The molecule has 10 heteroatoms. The molecular formula is C86H151NO8P+. The van der Waals surface area contributed by atoms with Gasteiger partial charge in [0.1, 0.15) is 19.8 Å². The highest BCUT2D eigenvalue weighted by Crippen LogP contribution is 2.43. The number of allylic oxidation sites excluding steroid dienone is 22. The highest BCUT2D eigenvalue weighted by Gasteiger charge is 2.27. The number of nitrogens with zero attached hydrogens (tertiary/aromatic N) is 1. The van der Waals surface area contributed by atoms with Gasteiger partial charge in [0, 0.05) is 12.8 Å². The van der Waals surface area contributed by atoms with Crippen LogP contribution in [0.3, 0.4) is 0 Å². The normalized spacial score (nSPS) is 13.8. The summed E-state index contributed by atoms with van der Waals surface area (Å²) in [6.45, 7) is 4.29. The van der Waals surface area contributed by atoms with E-state index in [1.165, 1.54) is 212 Å². The summed E-state index contributed by atoms with van der Waals surface area (Å²) >= 11 is 0. The van der Waals surface area contributed by atoms with Gasteiger partial charge in [0.25, 0.3) is 0 Å². The number of hydrogen-bond acceptors (Lipinski definition) is 7. The Morgan fingerprint density at radius 2 is 0.594 bits per heavy atom. The predicted molar refractivity (Wildman–Crippen MR) is 417 cm³/mol. The predicted octanol–water partition coefficient (Wildman–Crippen LogP) is 26.7. The molecule has 0 rings (SSSR count). The first-order valence-corrected chi connectivity index (χ1v) is 41.4. The van der Waals surface area contributed by atoms with Crippen LogP contribution in [0.25, 0.3) is 0 Å². The lowest BCUT2D eigenvalue weighted by molar-refractivity contribution is -0.870. The van der Waals surface area contributed by atoms with Crippen molar-refractivity contribution in [1.82, 2.24) is 0 Å². The Morgan fingerprint density at radius 3 is 0.896 bits per heavy atom. The number of rotatable bonds is 73. The van der Waals surface area contributed by atoms with Gasteiger partial charge in [-0.15, -0.1) is 0 Å². The third-order valence-corrected chi connectivity index (χ3v) is 18.1. The van der Waals surface area contributed by atoms with Gasteiger partial charge in [-0.3, -0.25) is 18.6 Å². The van der Waals surface area contributed by atoms with Gasteiger partial charge >= 0.3 is 19.8 Å². The number of hydrogen-bond donors (Lipinski definition) is 1. The van der Waals surface area contributed by atoms with Crippen LogP contribution in [-0.2, 0) is 32.7 Å². The number of carbonyl (C=O) groups excluding carboxylic acids is 2. The molecule has 0 radical (unpaired) electrons. The molecule has 0 heterocycles. The van der Waals surface area contributed by atoms with Crippen molar-refractivity contribution in [3.8, 4) is 0 Å². The summed E-state index contributed by atoms with van der Waals surface area (Å²) in [5.74, 6) is -0.832. The second kappa shape index (κ2) is 75.4. The van der Waals surface area contributed by atoms with E-state index in [2.05, 4.69) is 148 Å². The van der Waals surface area contributed by atoms with Crippen molar-refractivity contribution in [2.45, 2.75) is 354 Å². The van der Waals surface area contributed by atoms with Crippen LogP contribution in [0.5, 0.6) is 0 Å². The summed E-state index contributed by atoms with van der Waals surface area (Å²) < 4.78 is 34.7. The first-order chi connectivity index (χ1) is 47.0. The first kappa shape index (κ1) is 92.2. The highest BCUT2D eigenvalue weighted by molar-refractivity contribution is 7.47. The van der Waals surface area contributed by atoms with Crippen LogP contribution < -0.4 is 0 Å². The van der Waals surface area contributed by atoms with E-state index in [-0.39, 0.29) is 32.0 Å². The highest BCUT2D eigenvalue weighted by atomic mass is 31.2.